The first kappa shape index (κ1) is 22.5. The van der Waals surface area contributed by atoms with Gasteiger partial charge in [-0.05, 0) is 42.8 Å². The lowest BCUT2D eigenvalue weighted by Crippen LogP contribution is -2.48. The van der Waals surface area contributed by atoms with Gasteiger partial charge in [0.15, 0.2) is 0 Å². The van der Waals surface area contributed by atoms with Crippen molar-refractivity contribution in [1.82, 2.24) is 5.32 Å². The lowest BCUT2D eigenvalue weighted by molar-refractivity contribution is -0.121. The van der Waals surface area contributed by atoms with Gasteiger partial charge in [-0.2, -0.15) is 11.8 Å². The van der Waals surface area contributed by atoms with Crippen molar-refractivity contribution in [2.45, 2.75) is 18.7 Å². The summed E-state index contributed by atoms with van der Waals surface area (Å²) >= 11 is 7.34. The zero-order chi connectivity index (χ0) is 20.7. The highest BCUT2D eigenvalue weighted by molar-refractivity contribution is 7.98. The summed E-state index contributed by atoms with van der Waals surface area (Å²) in [5.41, 5.74) is 0.974. The first-order valence-electron chi connectivity index (χ1n) is 8.54. The topological polar surface area (TPSA) is 66.5 Å². The smallest absolute Gasteiger partial charge is 0.243 e. The van der Waals surface area contributed by atoms with Gasteiger partial charge in [-0.3, -0.25) is 9.10 Å². The number of rotatable bonds is 9. The number of benzene rings is 2. The van der Waals surface area contributed by atoms with Gasteiger partial charge in [-0.1, -0.05) is 29.8 Å². The van der Waals surface area contributed by atoms with Gasteiger partial charge in [-0.25, -0.2) is 12.8 Å². The van der Waals surface area contributed by atoms with E-state index in [0.717, 1.165) is 10.6 Å². The average Bonchev–Trinajstić information content (AvgIpc) is 2.63. The van der Waals surface area contributed by atoms with E-state index in [0.29, 0.717) is 34.3 Å². The van der Waals surface area contributed by atoms with Gasteiger partial charge in [0.05, 0.1) is 11.9 Å². The highest BCUT2D eigenvalue weighted by Gasteiger charge is 2.28. The maximum atomic E-state index is 13.6. The summed E-state index contributed by atoms with van der Waals surface area (Å²) < 4.78 is 39.0. The molecule has 0 radical (unpaired) electrons. The SMILES string of the molecule is C[C@H](C(=O)NCCSCc1ccccc1F)N(c1ccc(Cl)cc1)S(C)(=O)=O. The fourth-order valence-corrected chi connectivity index (χ4v) is 4.73. The van der Waals surface area contributed by atoms with E-state index in [4.69, 9.17) is 11.6 Å². The maximum absolute atomic E-state index is 13.6. The Hall–Kier alpha value is -1.77. The number of sulfonamides is 1. The van der Waals surface area contributed by atoms with Crippen LogP contribution in [0.5, 0.6) is 0 Å². The molecule has 0 unspecified atom stereocenters. The normalized spacial score (nSPS) is 12.4. The van der Waals surface area contributed by atoms with Crippen molar-refractivity contribution in [2.24, 2.45) is 0 Å². The molecule has 1 amide bonds. The molecule has 0 saturated carbocycles. The van der Waals surface area contributed by atoms with Gasteiger partial charge >= 0.3 is 0 Å². The Labute approximate surface area is 174 Å². The van der Waals surface area contributed by atoms with E-state index in [-0.39, 0.29) is 5.82 Å². The monoisotopic (exact) mass is 444 g/mol. The van der Waals surface area contributed by atoms with E-state index in [1.807, 2.05) is 0 Å². The van der Waals surface area contributed by atoms with E-state index in [1.54, 1.807) is 42.5 Å². The Morgan fingerprint density at radius 3 is 2.46 bits per heavy atom. The quantitative estimate of drug-likeness (QED) is 0.599. The summed E-state index contributed by atoms with van der Waals surface area (Å²) in [6.07, 6.45) is 1.05. The van der Waals surface area contributed by atoms with Crippen LogP contribution in [0.2, 0.25) is 5.02 Å². The molecule has 9 heteroatoms. The predicted molar refractivity (Wildman–Crippen MR) is 114 cm³/mol. The number of carbonyl (C=O) groups excluding carboxylic acids is 1. The number of carbonyl (C=O) groups is 1. The van der Waals surface area contributed by atoms with Gasteiger partial charge in [0.25, 0.3) is 0 Å². The van der Waals surface area contributed by atoms with Gasteiger partial charge in [0.2, 0.25) is 15.9 Å². The first-order valence-corrected chi connectivity index (χ1v) is 11.9. The van der Waals surface area contributed by atoms with Crippen molar-refractivity contribution >= 4 is 45.0 Å². The summed E-state index contributed by atoms with van der Waals surface area (Å²) in [6, 6.07) is 11.9. The second kappa shape index (κ2) is 10.1. The van der Waals surface area contributed by atoms with Crippen molar-refractivity contribution < 1.29 is 17.6 Å². The molecule has 28 heavy (non-hydrogen) atoms. The Kier molecular flexibility index (Phi) is 8.15. The van der Waals surface area contributed by atoms with Crippen LogP contribution in [0.4, 0.5) is 10.1 Å². The minimum absolute atomic E-state index is 0.251. The fraction of sp³-hybridized carbons (Fsp3) is 0.316. The van der Waals surface area contributed by atoms with Crippen LogP contribution in [0.25, 0.3) is 0 Å². The van der Waals surface area contributed by atoms with Crippen LogP contribution >= 0.6 is 23.4 Å². The molecule has 2 aromatic carbocycles. The molecule has 0 aliphatic carbocycles. The molecule has 0 fully saturated rings. The third-order valence-corrected chi connectivity index (χ3v) is 6.43. The van der Waals surface area contributed by atoms with Crippen LogP contribution in [-0.4, -0.2) is 38.9 Å². The van der Waals surface area contributed by atoms with Crippen LogP contribution in [0.3, 0.4) is 0 Å². The molecular weight excluding hydrogens is 423 g/mol. The fourth-order valence-electron chi connectivity index (χ4n) is 2.59. The molecule has 0 heterocycles. The summed E-state index contributed by atoms with van der Waals surface area (Å²) in [4.78, 5) is 12.4. The lowest BCUT2D eigenvalue weighted by atomic mass is 10.2. The van der Waals surface area contributed by atoms with Gasteiger partial charge in [0, 0.05) is 23.1 Å². The Morgan fingerprint density at radius 2 is 1.86 bits per heavy atom. The lowest BCUT2D eigenvalue weighted by Gasteiger charge is -2.28. The Morgan fingerprint density at radius 1 is 1.21 bits per heavy atom. The van der Waals surface area contributed by atoms with Crippen molar-refractivity contribution in [3.8, 4) is 0 Å². The molecule has 0 aromatic heterocycles. The van der Waals surface area contributed by atoms with Gasteiger partial charge in [0.1, 0.15) is 11.9 Å². The Bertz CT molecular complexity index is 908. The zero-order valence-corrected chi connectivity index (χ0v) is 18.0. The van der Waals surface area contributed by atoms with Crippen LogP contribution in [0.1, 0.15) is 12.5 Å². The third kappa shape index (κ3) is 6.39. The second-order valence-electron chi connectivity index (χ2n) is 6.15. The largest absolute Gasteiger partial charge is 0.353 e. The standard InChI is InChI=1S/C19H22ClFN2O3S2/c1-14(23(28(2,25)26)17-9-7-16(20)8-10-17)19(24)22-11-12-27-13-15-5-3-4-6-18(15)21/h3-10,14H,11-13H2,1-2H3,(H,22,24)/t14-/m1/s1. The highest BCUT2D eigenvalue weighted by Crippen LogP contribution is 2.23. The number of thioether (sulfide) groups is 1. The molecule has 0 aliphatic rings. The summed E-state index contributed by atoms with van der Waals surface area (Å²) in [5, 5.41) is 3.20. The summed E-state index contributed by atoms with van der Waals surface area (Å²) in [7, 11) is -3.67. The maximum Gasteiger partial charge on any atom is 0.243 e. The number of anilines is 1. The number of nitrogens with zero attached hydrogens (tertiary/aromatic N) is 1. The number of amides is 1. The third-order valence-electron chi connectivity index (χ3n) is 3.93. The highest BCUT2D eigenvalue weighted by atomic mass is 35.5. The van der Waals surface area contributed by atoms with Crippen molar-refractivity contribution in [3.05, 3.63) is 64.9 Å². The minimum atomic E-state index is -3.67. The predicted octanol–water partition coefficient (Wildman–Crippen LogP) is 3.68. The molecule has 0 spiro atoms. The number of halogens is 2. The average molecular weight is 445 g/mol. The molecule has 152 valence electrons. The van der Waals surface area contributed by atoms with E-state index in [2.05, 4.69) is 5.32 Å². The first-order chi connectivity index (χ1) is 13.2. The summed E-state index contributed by atoms with van der Waals surface area (Å²) in [6.45, 7) is 1.87. The van der Waals surface area contributed by atoms with Gasteiger partial charge in [-0.15, -0.1) is 0 Å². The van der Waals surface area contributed by atoms with Crippen LogP contribution < -0.4 is 9.62 Å². The number of nitrogens with one attached hydrogen (secondary N) is 1. The van der Waals surface area contributed by atoms with Crippen molar-refractivity contribution in [2.75, 3.05) is 22.9 Å². The number of hydrogen-bond acceptors (Lipinski definition) is 4. The zero-order valence-electron chi connectivity index (χ0n) is 15.6. The van der Waals surface area contributed by atoms with E-state index in [1.165, 1.54) is 24.8 Å². The molecule has 0 aliphatic heterocycles. The van der Waals surface area contributed by atoms with E-state index in [9.17, 15) is 17.6 Å². The molecule has 5 nitrogen and oxygen atoms in total. The van der Waals surface area contributed by atoms with E-state index >= 15 is 0 Å². The molecule has 2 rings (SSSR count). The van der Waals surface area contributed by atoms with E-state index < -0.39 is 22.0 Å². The van der Waals surface area contributed by atoms with Crippen LogP contribution in [0.15, 0.2) is 48.5 Å². The summed E-state index contributed by atoms with van der Waals surface area (Å²) in [5.74, 6) is 0.414. The number of hydrogen-bond donors (Lipinski definition) is 1. The molecule has 0 saturated heterocycles. The molecule has 2 aromatic rings. The molecule has 1 atom stereocenters. The van der Waals surface area contributed by atoms with Crippen LogP contribution in [0, 0.1) is 5.82 Å². The van der Waals surface area contributed by atoms with Gasteiger partial charge < -0.3 is 5.32 Å². The second-order valence-corrected chi connectivity index (χ2v) is 9.55. The molecular formula is C19H22ClFN2O3S2. The van der Waals surface area contributed by atoms with Crippen molar-refractivity contribution in [3.63, 3.8) is 0 Å². The van der Waals surface area contributed by atoms with Crippen molar-refractivity contribution in [1.29, 1.82) is 0 Å². The molecule has 0 bridgehead atoms. The molecule has 1 N–H and O–H groups in total. The van der Waals surface area contributed by atoms with Crippen LogP contribution in [-0.2, 0) is 20.6 Å². The Balaban J connectivity index is 1.90. The minimum Gasteiger partial charge on any atom is -0.353 e.